The number of amides is 1. The molecule has 0 radical (unpaired) electrons. The highest BCUT2D eigenvalue weighted by Gasteiger charge is 2.56. The first-order valence-electron chi connectivity index (χ1n) is 10.4. The number of nitrogens with zero attached hydrogens (tertiary/aromatic N) is 4. The Morgan fingerprint density at radius 1 is 1.21 bits per heavy atom. The molecule has 4 heterocycles. The van der Waals surface area contributed by atoms with E-state index in [1.54, 1.807) is 43.7 Å². The summed E-state index contributed by atoms with van der Waals surface area (Å²) < 4.78 is 19.8. The molecule has 2 aliphatic heterocycles. The van der Waals surface area contributed by atoms with E-state index in [1.807, 2.05) is 6.92 Å². The second-order valence-corrected chi connectivity index (χ2v) is 9.12. The van der Waals surface area contributed by atoms with Crippen LogP contribution < -0.4 is 10.5 Å². The van der Waals surface area contributed by atoms with Crippen molar-refractivity contribution in [3.05, 3.63) is 77.0 Å². The van der Waals surface area contributed by atoms with Crippen molar-refractivity contribution >= 4 is 23.5 Å². The SMILES string of the molecule is CN1C(=O)C2(C[C@@](C)(Cc3ccc(F)cc3)Oc3cnc(-c4cncc(Cl)c4)cc32)N=C1N. The van der Waals surface area contributed by atoms with Crippen LogP contribution in [0.4, 0.5) is 4.39 Å². The molecule has 3 aromatic rings. The van der Waals surface area contributed by atoms with Crippen LogP contribution in [0.3, 0.4) is 0 Å². The van der Waals surface area contributed by atoms with E-state index >= 15 is 0 Å². The number of likely N-dealkylation sites (N-methyl/N-ethyl adjacent to an activating group) is 1. The van der Waals surface area contributed by atoms with Crippen LogP contribution in [-0.4, -0.2) is 39.4 Å². The summed E-state index contributed by atoms with van der Waals surface area (Å²) >= 11 is 6.11. The van der Waals surface area contributed by atoms with Crippen LogP contribution in [0, 0.1) is 5.82 Å². The number of guanidine groups is 1. The van der Waals surface area contributed by atoms with Gasteiger partial charge in [-0.2, -0.15) is 0 Å². The van der Waals surface area contributed by atoms with Crippen molar-refractivity contribution in [3.63, 3.8) is 0 Å². The fourth-order valence-corrected chi connectivity index (χ4v) is 4.79. The zero-order valence-corrected chi connectivity index (χ0v) is 18.8. The molecule has 0 aliphatic carbocycles. The lowest BCUT2D eigenvalue weighted by Crippen LogP contribution is -2.51. The zero-order valence-electron chi connectivity index (χ0n) is 18.0. The van der Waals surface area contributed by atoms with E-state index in [4.69, 9.17) is 22.1 Å². The lowest BCUT2D eigenvalue weighted by molar-refractivity contribution is -0.133. The molecule has 7 nitrogen and oxygen atoms in total. The molecule has 0 fully saturated rings. The second kappa shape index (κ2) is 7.52. The summed E-state index contributed by atoms with van der Waals surface area (Å²) in [6.07, 6.45) is 5.48. The lowest BCUT2D eigenvalue weighted by Gasteiger charge is -2.43. The third kappa shape index (κ3) is 3.60. The molecule has 1 aromatic carbocycles. The van der Waals surface area contributed by atoms with Crippen molar-refractivity contribution < 1.29 is 13.9 Å². The van der Waals surface area contributed by atoms with E-state index in [0.717, 1.165) is 5.56 Å². The summed E-state index contributed by atoms with van der Waals surface area (Å²) in [4.78, 5) is 28.2. The first-order chi connectivity index (χ1) is 15.7. The quantitative estimate of drug-likeness (QED) is 0.636. The molecule has 33 heavy (non-hydrogen) atoms. The topological polar surface area (TPSA) is 93.7 Å². The number of aliphatic imine (C=N–C) groups is 1. The van der Waals surface area contributed by atoms with Crippen molar-refractivity contribution in [3.8, 4) is 17.0 Å². The summed E-state index contributed by atoms with van der Waals surface area (Å²) in [6, 6.07) is 9.76. The van der Waals surface area contributed by atoms with E-state index in [1.165, 1.54) is 23.2 Å². The maximum absolute atomic E-state index is 13.5. The highest BCUT2D eigenvalue weighted by Crippen LogP contribution is 2.50. The Kier molecular flexibility index (Phi) is 4.86. The minimum Gasteiger partial charge on any atom is -0.485 e. The van der Waals surface area contributed by atoms with E-state index in [9.17, 15) is 9.18 Å². The third-order valence-corrected chi connectivity index (χ3v) is 6.31. The molecule has 168 valence electrons. The molecular weight excluding hydrogens is 445 g/mol. The molecule has 1 spiro atoms. The van der Waals surface area contributed by atoms with Crippen molar-refractivity contribution in [2.45, 2.75) is 30.9 Å². The normalized spacial score (nSPS) is 23.9. The molecule has 1 amide bonds. The van der Waals surface area contributed by atoms with Crippen molar-refractivity contribution in [1.29, 1.82) is 0 Å². The number of fused-ring (bicyclic) bond motifs is 2. The Bertz CT molecular complexity index is 1300. The fourth-order valence-electron chi connectivity index (χ4n) is 4.62. The van der Waals surface area contributed by atoms with Gasteiger partial charge in [-0.05, 0) is 36.8 Å². The second-order valence-electron chi connectivity index (χ2n) is 8.68. The van der Waals surface area contributed by atoms with Crippen molar-refractivity contribution in [2.75, 3.05) is 7.05 Å². The Labute approximate surface area is 195 Å². The number of pyridine rings is 2. The van der Waals surface area contributed by atoms with Crippen molar-refractivity contribution in [1.82, 2.24) is 14.9 Å². The summed E-state index contributed by atoms with van der Waals surface area (Å²) in [7, 11) is 1.60. The molecule has 2 atom stereocenters. The molecular formula is C24H21ClFN5O2. The van der Waals surface area contributed by atoms with Gasteiger partial charge in [-0.1, -0.05) is 23.7 Å². The number of ether oxygens (including phenoxy) is 1. The number of carbonyl (C=O) groups excluding carboxylic acids is 1. The van der Waals surface area contributed by atoms with Gasteiger partial charge in [-0.25, -0.2) is 9.38 Å². The number of rotatable bonds is 3. The Balaban J connectivity index is 1.63. The lowest BCUT2D eigenvalue weighted by atomic mass is 9.75. The van der Waals surface area contributed by atoms with E-state index < -0.39 is 11.1 Å². The number of halogens is 2. The van der Waals surface area contributed by atoms with Crippen LogP contribution in [0.25, 0.3) is 11.3 Å². The van der Waals surface area contributed by atoms with Crippen LogP contribution in [0.5, 0.6) is 5.75 Å². The van der Waals surface area contributed by atoms with Crippen LogP contribution in [-0.2, 0) is 16.8 Å². The standard InChI is InChI=1S/C24H21ClFN5O2/c1-23(9-14-3-5-17(26)6-4-14)13-24(21(32)31(2)22(27)30-24)18-8-19(29-12-20(18)33-23)15-7-16(25)11-28-10-15/h3-8,10-12H,9,13H2,1-2H3,(H2,27,30)/t23-,24?/m1/s1. The van der Waals surface area contributed by atoms with Crippen LogP contribution in [0.1, 0.15) is 24.5 Å². The van der Waals surface area contributed by atoms with Gasteiger partial charge in [0.25, 0.3) is 5.91 Å². The van der Waals surface area contributed by atoms with E-state index in [2.05, 4.69) is 15.0 Å². The largest absolute Gasteiger partial charge is 0.485 e. The molecule has 2 N–H and O–H groups in total. The number of aromatic nitrogens is 2. The van der Waals surface area contributed by atoms with Gasteiger partial charge in [0, 0.05) is 43.4 Å². The van der Waals surface area contributed by atoms with Gasteiger partial charge in [0.1, 0.15) is 17.2 Å². The monoisotopic (exact) mass is 465 g/mol. The van der Waals surface area contributed by atoms with Gasteiger partial charge in [0.2, 0.25) is 0 Å². The zero-order chi connectivity index (χ0) is 23.4. The van der Waals surface area contributed by atoms with E-state index in [-0.39, 0.29) is 24.1 Å². The van der Waals surface area contributed by atoms with E-state index in [0.29, 0.717) is 34.0 Å². The Morgan fingerprint density at radius 3 is 2.64 bits per heavy atom. The summed E-state index contributed by atoms with van der Waals surface area (Å²) in [5, 5.41) is 0.476. The van der Waals surface area contributed by atoms with Crippen LogP contribution in [0.15, 0.2) is 60.0 Å². The molecule has 1 unspecified atom stereocenters. The maximum Gasteiger partial charge on any atom is 0.261 e. The van der Waals surface area contributed by atoms with Crippen molar-refractivity contribution in [2.24, 2.45) is 10.7 Å². The molecule has 2 aromatic heterocycles. The summed E-state index contributed by atoms with van der Waals surface area (Å²) in [5.41, 5.74) is 6.77. The van der Waals surface area contributed by atoms with Gasteiger partial charge in [-0.15, -0.1) is 0 Å². The fraction of sp³-hybridized carbons (Fsp3) is 0.250. The maximum atomic E-state index is 13.5. The average Bonchev–Trinajstić information content (AvgIpc) is 2.99. The van der Waals surface area contributed by atoms with Gasteiger partial charge in [-0.3, -0.25) is 19.7 Å². The smallest absolute Gasteiger partial charge is 0.261 e. The van der Waals surface area contributed by atoms with Gasteiger partial charge in [0.15, 0.2) is 11.5 Å². The molecule has 0 saturated heterocycles. The molecule has 0 saturated carbocycles. The van der Waals surface area contributed by atoms with Crippen LogP contribution in [0.2, 0.25) is 5.02 Å². The highest BCUT2D eigenvalue weighted by atomic mass is 35.5. The predicted octanol–water partition coefficient (Wildman–Crippen LogP) is 3.70. The third-order valence-electron chi connectivity index (χ3n) is 6.10. The number of carbonyl (C=O) groups is 1. The Morgan fingerprint density at radius 2 is 1.97 bits per heavy atom. The molecule has 2 aliphatic rings. The number of hydrogen-bond acceptors (Lipinski definition) is 6. The first-order valence-corrected chi connectivity index (χ1v) is 10.8. The minimum atomic E-state index is -1.26. The molecule has 9 heteroatoms. The van der Waals surface area contributed by atoms with Crippen LogP contribution >= 0.6 is 11.6 Å². The summed E-state index contributed by atoms with van der Waals surface area (Å²) in [6.45, 7) is 1.91. The van der Waals surface area contributed by atoms with Gasteiger partial charge >= 0.3 is 0 Å². The van der Waals surface area contributed by atoms with Gasteiger partial charge < -0.3 is 10.5 Å². The van der Waals surface area contributed by atoms with Gasteiger partial charge in [0.05, 0.1) is 16.9 Å². The average molecular weight is 466 g/mol. The highest BCUT2D eigenvalue weighted by molar-refractivity contribution is 6.30. The minimum absolute atomic E-state index is 0.139. The number of benzene rings is 1. The number of hydrogen-bond donors (Lipinski definition) is 1. The summed E-state index contributed by atoms with van der Waals surface area (Å²) in [5.74, 6) is 0.0355. The Hall–Kier alpha value is -3.52. The number of nitrogens with two attached hydrogens (primary N) is 1. The first kappa shape index (κ1) is 21.3. The molecule has 0 bridgehead atoms. The molecule has 5 rings (SSSR count). The predicted molar refractivity (Wildman–Crippen MR) is 122 cm³/mol.